The van der Waals surface area contributed by atoms with Gasteiger partial charge >= 0.3 is 0 Å². The predicted octanol–water partition coefficient (Wildman–Crippen LogP) is 3.53. The first-order chi connectivity index (χ1) is 22.4. The Kier molecular flexibility index (Phi) is 12.4. The molecule has 254 valence electrons. The zero-order valence-corrected chi connectivity index (χ0v) is 28.1. The molecule has 3 amide bonds. The van der Waals surface area contributed by atoms with Gasteiger partial charge in [-0.15, -0.1) is 0 Å². The maximum atomic E-state index is 15.7. The highest BCUT2D eigenvalue weighted by molar-refractivity contribution is 6.31. The van der Waals surface area contributed by atoms with Crippen LogP contribution >= 0.6 is 11.6 Å². The van der Waals surface area contributed by atoms with Gasteiger partial charge in [0, 0.05) is 43.0 Å². The first kappa shape index (κ1) is 35.9. The van der Waals surface area contributed by atoms with Crippen LogP contribution in [0.25, 0.3) is 0 Å². The number of carbonyl (C=O) groups is 3. The Balaban J connectivity index is 1.57. The number of carbonyl (C=O) groups excluding carboxylic acids is 3. The van der Waals surface area contributed by atoms with Crippen molar-refractivity contribution in [3.05, 3.63) is 75.8 Å². The number of hydrogen-bond acceptors (Lipinski definition) is 9. The topological polar surface area (TPSA) is 153 Å². The van der Waals surface area contributed by atoms with Crippen LogP contribution in [0.3, 0.4) is 0 Å². The van der Waals surface area contributed by atoms with Crippen molar-refractivity contribution in [2.45, 2.75) is 70.7 Å². The minimum Gasteiger partial charge on any atom is -0.379 e. The Morgan fingerprint density at radius 2 is 1.72 bits per heavy atom. The summed E-state index contributed by atoms with van der Waals surface area (Å²) < 4.78 is 20.4. The number of rotatable bonds is 13. The number of halogens is 2. The van der Waals surface area contributed by atoms with Gasteiger partial charge in [-0.2, -0.15) is 0 Å². The number of aromatic nitrogens is 2. The molecule has 0 spiro atoms. The van der Waals surface area contributed by atoms with Crippen molar-refractivity contribution in [3.8, 4) is 0 Å². The van der Waals surface area contributed by atoms with Gasteiger partial charge in [0.15, 0.2) is 5.69 Å². The van der Waals surface area contributed by atoms with E-state index in [9.17, 15) is 19.5 Å². The molecule has 3 unspecified atom stereocenters. The van der Waals surface area contributed by atoms with Gasteiger partial charge in [-0.3, -0.25) is 19.7 Å². The van der Waals surface area contributed by atoms with Crippen molar-refractivity contribution in [2.75, 3.05) is 38.5 Å². The van der Waals surface area contributed by atoms with Crippen molar-refractivity contribution in [1.29, 1.82) is 0 Å². The lowest BCUT2D eigenvalue weighted by atomic mass is 9.91. The Labute approximate surface area is 279 Å². The Morgan fingerprint density at radius 3 is 2.36 bits per heavy atom. The fourth-order valence-corrected chi connectivity index (χ4v) is 5.87. The molecule has 0 saturated carbocycles. The van der Waals surface area contributed by atoms with Crippen LogP contribution in [0.15, 0.2) is 47.1 Å². The van der Waals surface area contributed by atoms with E-state index in [1.54, 1.807) is 62.9 Å². The fraction of sp³-hybridized carbons (Fsp3) is 0.485. The molecule has 0 radical (unpaired) electrons. The van der Waals surface area contributed by atoms with Crippen LogP contribution in [-0.4, -0.2) is 94.5 Å². The van der Waals surface area contributed by atoms with Crippen LogP contribution < -0.4 is 16.0 Å². The van der Waals surface area contributed by atoms with E-state index in [1.165, 1.54) is 12.1 Å². The molecule has 5 atom stereocenters. The minimum absolute atomic E-state index is 0.0522. The van der Waals surface area contributed by atoms with E-state index in [0.29, 0.717) is 47.8 Å². The highest BCUT2D eigenvalue weighted by Gasteiger charge is 2.34. The van der Waals surface area contributed by atoms with Crippen molar-refractivity contribution in [3.63, 3.8) is 0 Å². The second-order valence-electron chi connectivity index (χ2n) is 11.9. The van der Waals surface area contributed by atoms with Crippen molar-refractivity contribution < 1.29 is 28.5 Å². The lowest BCUT2D eigenvalue weighted by molar-refractivity contribution is -0.136. The first-order valence-electron chi connectivity index (χ1n) is 15.8. The minimum atomic E-state index is -1.19. The summed E-state index contributed by atoms with van der Waals surface area (Å²) in [5.74, 6) is -3.40. The summed E-state index contributed by atoms with van der Waals surface area (Å²) in [6, 6.07) is 9.27. The number of piperazine rings is 1. The van der Waals surface area contributed by atoms with Gasteiger partial charge in [-0.25, -0.2) is 9.02 Å². The first-order valence-corrected chi connectivity index (χ1v) is 16.2. The standard InChI is InChI=1S/C33H43ClFN7O5/c1-6-25-30(40-47-39-25)32(45)38-28(20(4)22-10-8-9-11-23(22)34)31(44)36-26-13-12-21(18-24(26)35)19(3)29(37-27(43)7-2)33(46)42-16-14-41(5)15-17-42/h8-13,18-20,27-29,37,43H,6-7,14-17H2,1-5H3,(H,36,44)(H,38,45)/t19-,20?,27?,28?,29+/m0/s1. The summed E-state index contributed by atoms with van der Waals surface area (Å²) in [4.78, 5) is 44.4. The second-order valence-corrected chi connectivity index (χ2v) is 12.3. The maximum Gasteiger partial charge on any atom is 0.276 e. The molecular weight excluding hydrogens is 629 g/mol. The number of nitrogens with zero attached hydrogens (tertiary/aromatic N) is 4. The van der Waals surface area contributed by atoms with Gasteiger partial charge in [-0.1, -0.05) is 68.7 Å². The molecule has 1 aromatic heterocycles. The van der Waals surface area contributed by atoms with E-state index in [0.717, 1.165) is 13.1 Å². The number of aliphatic hydroxyl groups excluding tert-OH is 1. The summed E-state index contributed by atoms with van der Waals surface area (Å²) in [5.41, 5.74) is 1.27. The van der Waals surface area contributed by atoms with Crippen LogP contribution in [-0.2, 0) is 16.0 Å². The van der Waals surface area contributed by atoms with E-state index in [4.69, 9.17) is 16.2 Å². The molecule has 1 fully saturated rings. The SMILES string of the molecule is CCc1nonc1C(=O)NC(C(=O)Nc1ccc([C@H](C)[C@@H](NC(O)CC)C(=O)N2CCN(C)CC2)cc1F)C(C)c1ccccc1Cl. The van der Waals surface area contributed by atoms with Crippen LogP contribution in [0.1, 0.15) is 73.3 Å². The third kappa shape index (κ3) is 8.72. The smallest absolute Gasteiger partial charge is 0.276 e. The van der Waals surface area contributed by atoms with Gasteiger partial charge in [0.05, 0.1) is 11.7 Å². The molecule has 0 aliphatic carbocycles. The highest BCUT2D eigenvalue weighted by atomic mass is 35.5. The normalized spacial score (nSPS) is 17.0. The average molecular weight is 672 g/mol. The lowest BCUT2D eigenvalue weighted by Gasteiger charge is -2.37. The third-order valence-corrected chi connectivity index (χ3v) is 9.03. The van der Waals surface area contributed by atoms with Gasteiger partial charge in [0.2, 0.25) is 11.8 Å². The number of anilines is 1. The summed E-state index contributed by atoms with van der Waals surface area (Å²) in [6.45, 7) is 9.68. The summed E-state index contributed by atoms with van der Waals surface area (Å²) in [6.07, 6.45) is -0.153. The number of hydrogen-bond donors (Lipinski definition) is 4. The molecule has 3 aromatic rings. The summed E-state index contributed by atoms with van der Waals surface area (Å²) in [7, 11) is 1.99. The number of benzene rings is 2. The molecule has 2 heterocycles. The van der Waals surface area contributed by atoms with E-state index in [1.807, 2.05) is 7.05 Å². The lowest BCUT2D eigenvalue weighted by Crippen LogP contribution is -2.56. The molecule has 14 heteroatoms. The zero-order valence-electron chi connectivity index (χ0n) is 27.3. The molecule has 1 aliphatic rings. The summed E-state index contributed by atoms with van der Waals surface area (Å²) in [5, 5.41) is 26.6. The molecule has 4 N–H and O–H groups in total. The molecule has 0 bridgehead atoms. The highest BCUT2D eigenvalue weighted by Crippen LogP contribution is 2.29. The molecule has 4 rings (SSSR count). The zero-order chi connectivity index (χ0) is 34.2. The van der Waals surface area contributed by atoms with Gasteiger partial charge in [-0.05, 0) is 54.4 Å². The van der Waals surface area contributed by atoms with E-state index in [2.05, 4.69) is 31.2 Å². The molecule has 2 aromatic carbocycles. The molecule has 47 heavy (non-hydrogen) atoms. The molecule has 1 aliphatic heterocycles. The maximum absolute atomic E-state index is 15.7. The Morgan fingerprint density at radius 1 is 1.02 bits per heavy atom. The van der Waals surface area contributed by atoms with Crippen molar-refractivity contribution in [2.24, 2.45) is 0 Å². The third-order valence-electron chi connectivity index (χ3n) is 8.69. The average Bonchev–Trinajstić information content (AvgIpc) is 3.56. The number of amides is 3. The number of aliphatic hydroxyl groups is 1. The Bertz CT molecular complexity index is 1550. The van der Waals surface area contributed by atoms with Crippen LogP contribution in [0.4, 0.5) is 10.1 Å². The van der Waals surface area contributed by atoms with Crippen LogP contribution in [0.2, 0.25) is 5.02 Å². The quantitative estimate of drug-likeness (QED) is 0.200. The largest absolute Gasteiger partial charge is 0.379 e. The van der Waals surface area contributed by atoms with E-state index >= 15 is 4.39 Å². The van der Waals surface area contributed by atoms with Gasteiger partial charge in [0.1, 0.15) is 23.8 Å². The number of nitrogens with one attached hydrogen (secondary N) is 3. The van der Waals surface area contributed by atoms with Crippen LogP contribution in [0.5, 0.6) is 0 Å². The van der Waals surface area contributed by atoms with Gasteiger partial charge < -0.3 is 25.5 Å². The van der Waals surface area contributed by atoms with Crippen LogP contribution in [0, 0.1) is 5.82 Å². The van der Waals surface area contributed by atoms with Gasteiger partial charge in [0.25, 0.3) is 5.91 Å². The summed E-state index contributed by atoms with van der Waals surface area (Å²) >= 11 is 6.44. The second kappa shape index (κ2) is 16.3. The Hall–Kier alpha value is -3.91. The molecule has 12 nitrogen and oxygen atoms in total. The van der Waals surface area contributed by atoms with Crippen molar-refractivity contribution >= 4 is 35.0 Å². The molecular formula is C33H43ClFN7O5. The van der Waals surface area contributed by atoms with E-state index < -0.39 is 47.8 Å². The predicted molar refractivity (Wildman–Crippen MR) is 176 cm³/mol. The van der Waals surface area contributed by atoms with Crippen molar-refractivity contribution in [1.82, 2.24) is 30.7 Å². The molecule has 1 saturated heterocycles. The fourth-order valence-electron chi connectivity index (χ4n) is 5.56. The number of aryl methyl sites for hydroxylation is 1. The van der Waals surface area contributed by atoms with E-state index in [-0.39, 0.29) is 17.3 Å². The number of likely N-dealkylation sites (N-methyl/N-ethyl adjacent to an activating group) is 1. The monoisotopic (exact) mass is 671 g/mol.